The second-order valence-corrected chi connectivity index (χ2v) is 3.70. The minimum atomic E-state index is -0.631. The zero-order valence-electron chi connectivity index (χ0n) is 9.75. The predicted molar refractivity (Wildman–Crippen MR) is 60.7 cm³/mol. The van der Waals surface area contributed by atoms with Gasteiger partial charge in [-0.3, -0.25) is 0 Å². The van der Waals surface area contributed by atoms with E-state index in [0.29, 0.717) is 12.3 Å². The molecule has 2 heterocycles. The smallest absolute Gasteiger partial charge is 0.216 e. The van der Waals surface area contributed by atoms with E-state index in [0.717, 1.165) is 17.0 Å². The third kappa shape index (κ3) is 2.62. The molecule has 0 aliphatic rings. The van der Waals surface area contributed by atoms with E-state index in [2.05, 4.69) is 9.97 Å². The third-order valence-corrected chi connectivity index (χ3v) is 2.57. The van der Waals surface area contributed by atoms with E-state index in [1.54, 1.807) is 25.5 Å². The van der Waals surface area contributed by atoms with Crippen LogP contribution in [0.3, 0.4) is 0 Å². The van der Waals surface area contributed by atoms with Crippen LogP contribution < -0.4 is 4.74 Å². The van der Waals surface area contributed by atoms with Gasteiger partial charge in [0.25, 0.3) is 0 Å². The molecule has 2 aromatic rings. The van der Waals surface area contributed by atoms with Crippen molar-refractivity contribution in [3.63, 3.8) is 0 Å². The lowest BCUT2D eigenvalue weighted by Crippen LogP contribution is -2.04. The first-order valence-corrected chi connectivity index (χ1v) is 5.27. The van der Waals surface area contributed by atoms with Crippen LogP contribution in [-0.2, 0) is 6.42 Å². The van der Waals surface area contributed by atoms with Crippen molar-refractivity contribution >= 4 is 0 Å². The maximum absolute atomic E-state index is 10.0. The molecule has 0 aromatic carbocycles. The van der Waals surface area contributed by atoms with Crippen LogP contribution in [0.15, 0.2) is 29.1 Å². The van der Waals surface area contributed by atoms with Crippen LogP contribution in [0.5, 0.6) is 5.88 Å². The molecule has 1 atom stereocenters. The first kappa shape index (κ1) is 11.6. The molecule has 0 saturated carbocycles. The summed E-state index contributed by atoms with van der Waals surface area (Å²) in [5.41, 5.74) is 1.51. The summed E-state index contributed by atoms with van der Waals surface area (Å²) in [6, 6.07) is 3.47. The lowest BCUT2D eigenvalue weighted by atomic mass is 10.1. The molecule has 0 fully saturated rings. The Morgan fingerprint density at radius 1 is 1.47 bits per heavy atom. The number of hydrogen-bond acceptors (Lipinski definition) is 5. The van der Waals surface area contributed by atoms with Crippen LogP contribution in [0.1, 0.15) is 23.1 Å². The summed E-state index contributed by atoms with van der Waals surface area (Å²) in [5, 5.41) is 10.0. The van der Waals surface area contributed by atoms with Crippen molar-refractivity contribution in [2.24, 2.45) is 0 Å². The second kappa shape index (κ2) is 4.97. The van der Waals surface area contributed by atoms with Gasteiger partial charge in [0.1, 0.15) is 12.1 Å². The predicted octanol–water partition coefficient (Wildman–Crippen LogP) is 1.66. The van der Waals surface area contributed by atoms with Crippen LogP contribution in [0.25, 0.3) is 0 Å². The molecule has 1 unspecified atom stereocenters. The number of aromatic nitrogens is 2. The molecule has 0 aliphatic heterocycles. The average molecular weight is 234 g/mol. The molecule has 2 rings (SSSR count). The highest BCUT2D eigenvalue weighted by molar-refractivity contribution is 5.22. The van der Waals surface area contributed by atoms with E-state index in [9.17, 15) is 5.11 Å². The van der Waals surface area contributed by atoms with E-state index >= 15 is 0 Å². The van der Waals surface area contributed by atoms with Gasteiger partial charge in [-0.25, -0.2) is 9.97 Å². The summed E-state index contributed by atoms with van der Waals surface area (Å²) in [7, 11) is 1.54. The van der Waals surface area contributed by atoms with Crippen molar-refractivity contribution in [3.8, 4) is 5.88 Å². The van der Waals surface area contributed by atoms with Gasteiger partial charge in [-0.1, -0.05) is 0 Å². The quantitative estimate of drug-likeness (QED) is 0.871. The Morgan fingerprint density at radius 3 is 2.94 bits per heavy atom. The normalized spacial score (nSPS) is 12.4. The number of hydrogen-bond donors (Lipinski definition) is 1. The molecule has 0 saturated heterocycles. The molecule has 5 nitrogen and oxygen atoms in total. The molecular formula is C12H14N2O3. The maximum atomic E-state index is 10.0. The van der Waals surface area contributed by atoms with E-state index in [1.165, 1.54) is 6.33 Å². The Labute approximate surface area is 99.1 Å². The van der Waals surface area contributed by atoms with Gasteiger partial charge < -0.3 is 14.3 Å². The Morgan fingerprint density at radius 2 is 2.29 bits per heavy atom. The van der Waals surface area contributed by atoms with Gasteiger partial charge in [-0.05, 0) is 13.0 Å². The Balaban J connectivity index is 2.13. The number of aryl methyl sites for hydroxylation is 1. The summed E-state index contributed by atoms with van der Waals surface area (Å²) in [4.78, 5) is 8.00. The summed E-state index contributed by atoms with van der Waals surface area (Å²) in [5.74, 6) is 1.21. The summed E-state index contributed by atoms with van der Waals surface area (Å²) in [6.45, 7) is 1.82. The van der Waals surface area contributed by atoms with Crippen LogP contribution >= 0.6 is 0 Å². The van der Waals surface area contributed by atoms with Crippen LogP contribution in [0.4, 0.5) is 0 Å². The van der Waals surface area contributed by atoms with Gasteiger partial charge in [0, 0.05) is 18.1 Å². The standard InChI is InChI=1S/C12H14N2O3/c1-8-10(3-4-17-8)11(15)5-9-6-12(16-2)14-7-13-9/h3-4,6-7,11,15H,5H2,1-2H3. The van der Waals surface area contributed by atoms with Crippen molar-refractivity contribution in [2.45, 2.75) is 19.4 Å². The summed E-state index contributed by atoms with van der Waals surface area (Å²) < 4.78 is 10.2. The van der Waals surface area contributed by atoms with E-state index < -0.39 is 6.10 Å². The number of ether oxygens (including phenoxy) is 1. The summed E-state index contributed by atoms with van der Waals surface area (Å²) >= 11 is 0. The van der Waals surface area contributed by atoms with Crippen LogP contribution in [0, 0.1) is 6.92 Å². The van der Waals surface area contributed by atoms with E-state index in [4.69, 9.17) is 9.15 Å². The topological polar surface area (TPSA) is 68.4 Å². The average Bonchev–Trinajstić information content (AvgIpc) is 2.76. The fourth-order valence-electron chi connectivity index (χ4n) is 1.65. The maximum Gasteiger partial charge on any atom is 0.216 e. The van der Waals surface area contributed by atoms with Crippen molar-refractivity contribution in [3.05, 3.63) is 41.7 Å². The molecule has 0 bridgehead atoms. The molecule has 17 heavy (non-hydrogen) atoms. The lowest BCUT2D eigenvalue weighted by Gasteiger charge is -2.09. The highest BCUT2D eigenvalue weighted by Crippen LogP contribution is 2.22. The first-order valence-electron chi connectivity index (χ1n) is 5.27. The van der Waals surface area contributed by atoms with Crippen molar-refractivity contribution in [2.75, 3.05) is 7.11 Å². The molecule has 2 aromatic heterocycles. The molecule has 0 aliphatic carbocycles. The van der Waals surface area contributed by atoms with Gasteiger partial charge in [0.15, 0.2) is 0 Å². The second-order valence-electron chi connectivity index (χ2n) is 3.70. The number of methoxy groups -OCH3 is 1. The van der Waals surface area contributed by atoms with Gasteiger partial charge in [0.05, 0.1) is 25.2 Å². The molecule has 0 radical (unpaired) electrons. The minimum Gasteiger partial charge on any atom is -0.481 e. The van der Waals surface area contributed by atoms with Crippen molar-refractivity contribution in [1.29, 1.82) is 0 Å². The van der Waals surface area contributed by atoms with E-state index in [-0.39, 0.29) is 0 Å². The van der Waals surface area contributed by atoms with Crippen LogP contribution in [-0.4, -0.2) is 22.2 Å². The monoisotopic (exact) mass is 234 g/mol. The fraction of sp³-hybridized carbons (Fsp3) is 0.333. The van der Waals surface area contributed by atoms with Gasteiger partial charge in [-0.15, -0.1) is 0 Å². The van der Waals surface area contributed by atoms with Crippen molar-refractivity contribution < 1.29 is 14.3 Å². The largest absolute Gasteiger partial charge is 0.481 e. The molecule has 1 N–H and O–H groups in total. The Bertz CT molecular complexity index is 496. The zero-order valence-corrected chi connectivity index (χ0v) is 9.75. The molecular weight excluding hydrogens is 220 g/mol. The third-order valence-electron chi connectivity index (χ3n) is 2.57. The number of aliphatic hydroxyl groups excluding tert-OH is 1. The Kier molecular flexibility index (Phi) is 3.39. The van der Waals surface area contributed by atoms with Gasteiger partial charge >= 0.3 is 0 Å². The number of nitrogens with zero attached hydrogens (tertiary/aromatic N) is 2. The molecule has 0 spiro atoms. The van der Waals surface area contributed by atoms with Gasteiger partial charge in [0.2, 0.25) is 5.88 Å². The molecule has 0 amide bonds. The minimum absolute atomic E-state index is 0.402. The lowest BCUT2D eigenvalue weighted by molar-refractivity contribution is 0.175. The first-order chi connectivity index (χ1) is 8.20. The number of furan rings is 1. The molecule has 5 heteroatoms. The SMILES string of the molecule is COc1cc(CC(O)c2ccoc2C)ncn1. The number of rotatable bonds is 4. The molecule has 90 valence electrons. The van der Waals surface area contributed by atoms with E-state index in [1.807, 2.05) is 6.92 Å². The Hall–Kier alpha value is -1.88. The highest BCUT2D eigenvalue weighted by Gasteiger charge is 2.14. The van der Waals surface area contributed by atoms with Crippen LogP contribution in [0.2, 0.25) is 0 Å². The fourth-order valence-corrected chi connectivity index (χ4v) is 1.65. The number of aliphatic hydroxyl groups is 1. The zero-order chi connectivity index (χ0) is 12.3. The summed E-state index contributed by atoms with van der Waals surface area (Å²) in [6.07, 6.45) is 2.75. The van der Waals surface area contributed by atoms with Gasteiger partial charge in [-0.2, -0.15) is 0 Å². The van der Waals surface area contributed by atoms with Crippen molar-refractivity contribution in [1.82, 2.24) is 9.97 Å². The highest BCUT2D eigenvalue weighted by atomic mass is 16.5.